The highest BCUT2D eigenvalue weighted by Crippen LogP contribution is 2.29. The molecule has 2 aromatic carbocycles. The zero-order valence-corrected chi connectivity index (χ0v) is 14.2. The summed E-state index contributed by atoms with van der Waals surface area (Å²) in [5, 5.41) is 13.2. The van der Waals surface area contributed by atoms with Crippen LogP contribution in [-0.2, 0) is 0 Å². The van der Waals surface area contributed by atoms with Gasteiger partial charge in [0.2, 0.25) is 0 Å². The Balaban J connectivity index is 1.97. The van der Waals surface area contributed by atoms with Gasteiger partial charge in [0.1, 0.15) is 0 Å². The van der Waals surface area contributed by atoms with Gasteiger partial charge < -0.3 is 10.2 Å². The first-order valence-corrected chi connectivity index (χ1v) is 8.36. The molecule has 1 aliphatic heterocycles. The number of halogens is 3. The van der Waals surface area contributed by atoms with Crippen molar-refractivity contribution in [3.05, 3.63) is 63.5 Å². The predicted octanol–water partition coefficient (Wildman–Crippen LogP) is 4.25. The Morgan fingerprint density at radius 1 is 1.04 bits per heavy atom. The second-order valence-electron chi connectivity index (χ2n) is 6.18. The van der Waals surface area contributed by atoms with Crippen molar-refractivity contribution < 1.29 is 22.9 Å². The Labute approximate surface area is 152 Å². The quantitative estimate of drug-likeness (QED) is 0.489. The number of nitro groups is 1. The van der Waals surface area contributed by atoms with Crippen molar-refractivity contribution in [3.8, 4) is 0 Å². The van der Waals surface area contributed by atoms with Crippen molar-refractivity contribution in [1.82, 2.24) is 0 Å². The zero-order chi connectivity index (χ0) is 19.6. The zero-order valence-electron chi connectivity index (χ0n) is 14.2. The van der Waals surface area contributed by atoms with Crippen LogP contribution >= 0.6 is 0 Å². The van der Waals surface area contributed by atoms with Crippen molar-refractivity contribution in [2.75, 3.05) is 23.3 Å². The van der Waals surface area contributed by atoms with E-state index in [2.05, 4.69) is 5.32 Å². The lowest BCUT2D eigenvalue weighted by Gasteiger charge is -2.30. The molecule has 3 rings (SSSR count). The van der Waals surface area contributed by atoms with Gasteiger partial charge in [-0.3, -0.25) is 14.9 Å². The van der Waals surface area contributed by atoms with Gasteiger partial charge >= 0.3 is 0 Å². The molecule has 0 saturated carbocycles. The highest BCUT2D eigenvalue weighted by Gasteiger charge is 2.23. The predicted molar refractivity (Wildman–Crippen MR) is 93.4 cm³/mol. The molecule has 6 nitrogen and oxygen atoms in total. The second-order valence-corrected chi connectivity index (χ2v) is 6.18. The van der Waals surface area contributed by atoms with Crippen molar-refractivity contribution in [2.24, 2.45) is 0 Å². The van der Waals surface area contributed by atoms with Gasteiger partial charge in [-0.15, -0.1) is 0 Å². The molecule has 2 aromatic rings. The fourth-order valence-electron chi connectivity index (χ4n) is 3.04. The summed E-state index contributed by atoms with van der Waals surface area (Å²) in [4.78, 5) is 25.0. The average Bonchev–Trinajstić information content (AvgIpc) is 2.68. The summed E-state index contributed by atoms with van der Waals surface area (Å²) in [6, 6.07) is 5.44. The lowest BCUT2D eigenvalue weighted by atomic mass is 10.1. The van der Waals surface area contributed by atoms with E-state index in [1.165, 1.54) is 12.1 Å². The summed E-state index contributed by atoms with van der Waals surface area (Å²) in [6.07, 6.45) is 2.87. The van der Waals surface area contributed by atoms with Crippen LogP contribution in [0.3, 0.4) is 0 Å². The number of carbonyl (C=O) groups is 1. The van der Waals surface area contributed by atoms with Gasteiger partial charge in [0.25, 0.3) is 11.6 Å². The highest BCUT2D eigenvalue weighted by atomic mass is 19.2. The number of hydrogen-bond donors (Lipinski definition) is 1. The number of carbonyl (C=O) groups excluding carboxylic acids is 1. The van der Waals surface area contributed by atoms with Crippen molar-refractivity contribution in [1.29, 1.82) is 0 Å². The number of rotatable bonds is 4. The number of nitrogens with one attached hydrogen (secondary N) is 1. The van der Waals surface area contributed by atoms with Gasteiger partial charge in [-0.05, 0) is 37.5 Å². The number of nitrogens with zero attached hydrogens (tertiary/aromatic N) is 2. The van der Waals surface area contributed by atoms with Crippen LogP contribution in [0.15, 0.2) is 30.3 Å². The maximum absolute atomic E-state index is 13.9. The van der Waals surface area contributed by atoms with Crippen LogP contribution in [0.5, 0.6) is 0 Å². The van der Waals surface area contributed by atoms with Gasteiger partial charge in [-0.1, -0.05) is 0 Å². The average molecular weight is 379 g/mol. The number of piperidine rings is 1. The first-order chi connectivity index (χ1) is 12.9. The molecule has 0 radical (unpaired) electrons. The molecule has 142 valence electrons. The van der Waals surface area contributed by atoms with E-state index in [0.717, 1.165) is 31.4 Å². The lowest BCUT2D eigenvalue weighted by molar-refractivity contribution is -0.384. The Morgan fingerprint density at radius 2 is 1.74 bits per heavy atom. The van der Waals surface area contributed by atoms with Crippen molar-refractivity contribution >= 4 is 23.0 Å². The normalized spacial score (nSPS) is 14.1. The minimum Gasteiger partial charge on any atom is -0.371 e. The Morgan fingerprint density at radius 3 is 2.41 bits per heavy atom. The number of benzene rings is 2. The molecule has 0 bridgehead atoms. The maximum atomic E-state index is 13.9. The van der Waals surface area contributed by atoms with Gasteiger partial charge in [0, 0.05) is 25.2 Å². The van der Waals surface area contributed by atoms with Gasteiger partial charge in [0.05, 0.1) is 21.9 Å². The van der Waals surface area contributed by atoms with Gasteiger partial charge in [-0.25, -0.2) is 13.2 Å². The van der Waals surface area contributed by atoms with E-state index in [9.17, 15) is 28.1 Å². The molecule has 9 heteroatoms. The van der Waals surface area contributed by atoms with Crippen LogP contribution in [0.1, 0.15) is 29.6 Å². The largest absolute Gasteiger partial charge is 0.371 e. The Bertz CT molecular complexity index is 899. The number of hydrogen-bond acceptors (Lipinski definition) is 4. The van der Waals surface area contributed by atoms with E-state index in [-0.39, 0.29) is 11.3 Å². The molecule has 0 aliphatic carbocycles. The molecule has 0 unspecified atom stereocenters. The molecule has 1 N–H and O–H groups in total. The minimum atomic E-state index is -1.71. The van der Waals surface area contributed by atoms with Crippen LogP contribution in [0.2, 0.25) is 0 Å². The Kier molecular flexibility index (Phi) is 5.29. The van der Waals surface area contributed by atoms with E-state index in [1.807, 2.05) is 4.90 Å². The molecule has 1 saturated heterocycles. The number of anilines is 2. The summed E-state index contributed by atoms with van der Waals surface area (Å²) >= 11 is 0. The molecule has 1 amide bonds. The number of amides is 1. The Hall–Kier alpha value is -3.10. The minimum absolute atomic E-state index is 0.0322. The fraction of sp³-hybridized carbons (Fsp3) is 0.278. The number of nitro benzene ring substituents is 1. The second kappa shape index (κ2) is 7.65. The third-order valence-electron chi connectivity index (χ3n) is 4.42. The van der Waals surface area contributed by atoms with E-state index in [0.29, 0.717) is 24.8 Å². The van der Waals surface area contributed by atoms with E-state index < -0.39 is 34.0 Å². The summed E-state index contributed by atoms with van der Waals surface area (Å²) in [5.74, 6) is -5.46. The summed E-state index contributed by atoms with van der Waals surface area (Å²) in [7, 11) is 0. The first kappa shape index (κ1) is 18.7. The molecule has 27 heavy (non-hydrogen) atoms. The molecule has 0 atom stereocenters. The summed E-state index contributed by atoms with van der Waals surface area (Å²) in [5.41, 5.74) is -0.405. The maximum Gasteiger partial charge on any atom is 0.270 e. The lowest BCUT2D eigenvalue weighted by Crippen LogP contribution is -2.31. The summed E-state index contributed by atoms with van der Waals surface area (Å²) in [6.45, 7) is 1.36. The molecule has 0 aromatic heterocycles. The van der Waals surface area contributed by atoms with Gasteiger partial charge in [-0.2, -0.15) is 0 Å². The topological polar surface area (TPSA) is 75.5 Å². The van der Waals surface area contributed by atoms with E-state index in [4.69, 9.17) is 0 Å². The first-order valence-electron chi connectivity index (χ1n) is 8.36. The van der Waals surface area contributed by atoms with Crippen LogP contribution in [0.4, 0.5) is 30.2 Å². The molecule has 1 heterocycles. The van der Waals surface area contributed by atoms with Crippen LogP contribution < -0.4 is 10.2 Å². The van der Waals surface area contributed by atoms with Crippen molar-refractivity contribution in [3.63, 3.8) is 0 Å². The van der Waals surface area contributed by atoms with Crippen LogP contribution in [0.25, 0.3) is 0 Å². The molecular weight excluding hydrogens is 363 g/mol. The van der Waals surface area contributed by atoms with Gasteiger partial charge in [0.15, 0.2) is 17.5 Å². The molecule has 0 spiro atoms. The monoisotopic (exact) mass is 379 g/mol. The third kappa shape index (κ3) is 3.86. The van der Waals surface area contributed by atoms with Crippen molar-refractivity contribution in [2.45, 2.75) is 19.3 Å². The van der Waals surface area contributed by atoms with Crippen LogP contribution in [0, 0.1) is 27.6 Å². The fourth-order valence-corrected chi connectivity index (χ4v) is 3.04. The smallest absolute Gasteiger partial charge is 0.270 e. The molecule has 1 aliphatic rings. The third-order valence-corrected chi connectivity index (χ3v) is 4.42. The van der Waals surface area contributed by atoms with E-state index in [1.54, 1.807) is 0 Å². The van der Waals surface area contributed by atoms with Crippen LogP contribution in [-0.4, -0.2) is 23.9 Å². The number of non-ortho nitro benzene ring substituents is 1. The highest BCUT2D eigenvalue weighted by molar-refractivity contribution is 6.08. The summed E-state index contributed by atoms with van der Waals surface area (Å²) < 4.78 is 40.3. The van der Waals surface area contributed by atoms with E-state index >= 15 is 0 Å². The SMILES string of the molecule is O=C(Nc1ccc(F)c(F)c1F)c1cc([N+](=O)[O-])ccc1N1CCCCC1. The molecule has 1 fully saturated rings. The molecular formula is C18H16F3N3O3. The standard InChI is InChI=1S/C18H16F3N3O3/c19-13-5-6-14(17(21)16(13)20)22-18(25)12-10-11(24(26)27)4-7-15(12)23-8-2-1-3-9-23/h4-7,10H,1-3,8-9H2,(H,22,25).